The van der Waals surface area contributed by atoms with E-state index in [1.807, 2.05) is 18.2 Å². The van der Waals surface area contributed by atoms with Crippen molar-refractivity contribution in [1.29, 1.82) is 0 Å². The predicted molar refractivity (Wildman–Crippen MR) is 88.3 cm³/mol. The molecule has 7 heteroatoms. The summed E-state index contributed by atoms with van der Waals surface area (Å²) in [7, 11) is 0. The number of rotatable bonds is 4. The topological polar surface area (TPSA) is 55.6 Å². The molecule has 1 N–H and O–H groups in total. The molecule has 0 saturated carbocycles. The minimum atomic E-state index is 0.732. The SMILES string of the molecule is Brc1ccc(CNc2ccc(-n3cncn3)nc2)cc1Br. The molecule has 0 saturated heterocycles. The number of hydrogen-bond acceptors (Lipinski definition) is 4. The van der Waals surface area contributed by atoms with Crippen LogP contribution >= 0.6 is 31.9 Å². The molecule has 3 aromatic rings. The number of benzene rings is 1. The molecule has 0 spiro atoms. The number of nitrogens with zero attached hydrogens (tertiary/aromatic N) is 4. The molecule has 0 aliphatic heterocycles. The first-order valence-electron chi connectivity index (χ1n) is 6.21. The van der Waals surface area contributed by atoms with E-state index in [9.17, 15) is 0 Å². The number of anilines is 1. The first kappa shape index (κ1) is 14.2. The Morgan fingerprint density at radius 2 is 2.00 bits per heavy atom. The molecular weight excluding hydrogens is 398 g/mol. The van der Waals surface area contributed by atoms with Gasteiger partial charge in [0, 0.05) is 15.5 Å². The third-order valence-corrected chi connectivity index (χ3v) is 4.76. The number of halogens is 2. The van der Waals surface area contributed by atoms with Crippen LogP contribution in [0, 0.1) is 0 Å². The lowest BCUT2D eigenvalue weighted by atomic mass is 10.2. The van der Waals surface area contributed by atoms with Crippen LogP contribution in [0.4, 0.5) is 5.69 Å². The van der Waals surface area contributed by atoms with Crippen LogP contribution in [-0.4, -0.2) is 19.7 Å². The molecule has 2 heterocycles. The highest BCUT2D eigenvalue weighted by atomic mass is 79.9. The van der Waals surface area contributed by atoms with Crippen LogP contribution in [0.3, 0.4) is 0 Å². The van der Waals surface area contributed by atoms with Gasteiger partial charge in [-0.25, -0.2) is 14.6 Å². The van der Waals surface area contributed by atoms with Gasteiger partial charge < -0.3 is 5.32 Å². The fraction of sp³-hybridized carbons (Fsp3) is 0.0714. The van der Waals surface area contributed by atoms with Crippen LogP contribution in [0.1, 0.15) is 5.56 Å². The van der Waals surface area contributed by atoms with Crippen molar-refractivity contribution in [2.45, 2.75) is 6.54 Å². The molecular formula is C14H11Br2N5. The summed E-state index contributed by atoms with van der Waals surface area (Å²) >= 11 is 6.96. The van der Waals surface area contributed by atoms with Crippen LogP contribution in [0.15, 0.2) is 58.1 Å². The van der Waals surface area contributed by atoms with Gasteiger partial charge in [0.25, 0.3) is 0 Å². The zero-order chi connectivity index (χ0) is 14.7. The zero-order valence-corrected chi connectivity index (χ0v) is 14.0. The van der Waals surface area contributed by atoms with Crippen LogP contribution < -0.4 is 5.32 Å². The van der Waals surface area contributed by atoms with Crippen molar-refractivity contribution in [3.8, 4) is 5.82 Å². The molecule has 0 aliphatic carbocycles. The molecule has 0 bridgehead atoms. The quantitative estimate of drug-likeness (QED) is 0.713. The molecule has 0 radical (unpaired) electrons. The predicted octanol–water partition coefficient (Wildman–Crippen LogP) is 3.80. The lowest BCUT2D eigenvalue weighted by Crippen LogP contribution is -2.02. The Labute approximate surface area is 138 Å². The molecule has 0 atom stereocenters. The Balaban J connectivity index is 1.66. The summed E-state index contributed by atoms with van der Waals surface area (Å²) in [6, 6.07) is 10.0. The van der Waals surface area contributed by atoms with Gasteiger partial charge in [-0.15, -0.1) is 0 Å². The maximum absolute atomic E-state index is 4.35. The Bertz CT molecular complexity index is 726. The van der Waals surface area contributed by atoms with E-state index in [1.54, 1.807) is 17.2 Å². The normalized spacial score (nSPS) is 10.6. The van der Waals surface area contributed by atoms with Crippen molar-refractivity contribution in [2.75, 3.05) is 5.32 Å². The Hall–Kier alpha value is -1.73. The molecule has 21 heavy (non-hydrogen) atoms. The summed E-state index contributed by atoms with van der Waals surface area (Å²) in [5, 5.41) is 7.38. The molecule has 0 aliphatic rings. The largest absolute Gasteiger partial charge is 0.380 e. The summed E-state index contributed by atoms with van der Waals surface area (Å²) < 4.78 is 3.71. The van der Waals surface area contributed by atoms with Gasteiger partial charge in [-0.3, -0.25) is 0 Å². The van der Waals surface area contributed by atoms with Gasteiger partial charge in [-0.1, -0.05) is 6.07 Å². The lowest BCUT2D eigenvalue weighted by molar-refractivity contribution is 0.845. The molecule has 0 amide bonds. The number of aromatic nitrogens is 4. The minimum Gasteiger partial charge on any atom is -0.380 e. The monoisotopic (exact) mass is 407 g/mol. The van der Waals surface area contributed by atoms with Gasteiger partial charge in [0.15, 0.2) is 5.82 Å². The van der Waals surface area contributed by atoms with Crippen LogP contribution in [0.2, 0.25) is 0 Å². The summed E-state index contributed by atoms with van der Waals surface area (Å²) in [5.41, 5.74) is 2.14. The minimum absolute atomic E-state index is 0.732. The standard InChI is InChI=1S/C14H11Br2N5/c15-12-3-1-10(5-13(12)16)6-18-11-2-4-14(19-7-11)21-9-17-8-20-21/h1-5,7-9,18H,6H2. The second-order valence-electron chi connectivity index (χ2n) is 4.35. The van der Waals surface area contributed by atoms with Gasteiger partial charge >= 0.3 is 0 Å². The summed E-state index contributed by atoms with van der Waals surface area (Å²) in [4.78, 5) is 8.25. The van der Waals surface area contributed by atoms with Crippen LogP contribution in [0.25, 0.3) is 5.82 Å². The second kappa shape index (κ2) is 6.36. The van der Waals surface area contributed by atoms with E-state index in [4.69, 9.17) is 0 Å². The fourth-order valence-corrected chi connectivity index (χ4v) is 2.48. The number of hydrogen-bond donors (Lipinski definition) is 1. The van der Waals surface area contributed by atoms with E-state index >= 15 is 0 Å². The van der Waals surface area contributed by atoms with E-state index < -0.39 is 0 Å². The summed E-state index contributed by atoms with van der Waals surface area (Å²) in [6.45, 7) is 0.732. The second-order valence-corrected chi connectivity index (χ2v) is 6.06. The average Bonchev–Trinajstić information content (AvgIpc) is 3.03. The third-order valence-electron chi connectivity index (χ3n) is 2.88. The number of nitrogens with one attached hydrogen (secondary N) is 1. The van der Waals surface area contributed by atoms with Crippen molar-refractivity contribution < 1.29 is 0 Å². The lowest BCUT2D eigenvalue weighted by Gasteiger charge is -2.08. The highest BCUT2D eigenvalue weighted by Gasteiger charge is 2.01. The van der Waals surface area contributed by atoms with Gasteiger partial charge in [0.05, 0.1) is 11.9 Å². The van der Waals surface area contributed by atoms with Crippen molar-refractivity contribution in [2.24, 2.45) is 0 Å². The van der Waals surface area contributed by atoms with Crippen molar-refractivity contribution >= 4 is 37.5 Å². The summed E-state index contributed by atoms with van der Waals surface area (Å²) in [5.74, 6) is 0.740. The Morgan fingerprint density at radius 3 is 2.67 bits per heavy atom. The van der Waals surface area contributed by atoms with E-state index in [1.165, 1.54) is 11.9 Å². The average molecular weight is 409 g/mol. The molecule has 3 rings (SSSR count). The van der Waals surface area contributed by atoms with E-state index in [-0.39, 0.29) is 0 Å². The molecule has 5 nitrogen and oxygen atoms in total. The Morgan fingerprint density at radius 1 is 1.10 bits per heavy atom. The van der Waals surface area contributed by atoms with Crippen molar-refractivity contribution in [3.63, 3.8) is 0 Å². The fourth-order valence-electron chi connectivity index (χ4n) is 1.81. The first-order valence-corrected chi connectivity index (χ1v) is 7.80. The highest BCUT2D eigenvalue weighted by molar-refractivity contribution is 9.13. The smallest absolute Gasteiger partial charge is 0.155 e. The van der Waals surface area contributed by atoms with Crippen molar-refractivity contribution in [3.05, 3.63) is 63.7 Å². The molecule has 1 aromatic carbocycles. The van der Waals surface area contributed by atoms with Gasteiger partial charge in [0.2, 0.25) is 0 Å². The van der Waals surface area contributed by atoms with Crippen molar-refractivity contribution in [1.82, 2.24) is 19.7 Å². The summed E-state index contributed by atoms with van der Waals surface area (Å²) in [6.07, 6.45) is 4.89. The highest BCUT2D eigenvalue weighted by Crippen LogP contribution is 2.24. The Kier molecular flexibility index (Phi) is 4.31. The van der Waals surface area contributed by atoms with Gasteiger partial charge in [0.1, 0.15) is 12.7 Å². The zero-order valence-electron chi connectivity index (χ0n) is 10.9. The van der Waals surface area contributed by atoms with Gasteiger partial charge in [-0.05, 0) is 61.7 Å². The van der Waals surface area contributed by atoms with Gasteiger partial charge in [-0.2, -0.15) is 5.10 Å². The maximum Gasteiger partial charge on any atom is 0.155 e. The van der Waals surface area contributed by atoms with Crippen LogP contribution in [0.5, 0.6) is 0 Å². The number of pyridine rings is 1. The van der Waals surface area contributed by atoms with E-state index in [0.717, 1.165) is 27.0 Å². The third kappa shape index (κ3) is 3.48. The van der Waals surface area contributed by atoms with Crippen LogP contribution in [-0.2, 0) is 6.54 Å². The van der Waals surface area contributed by atoms with E-state index in [0.29, 0.717) is 0 Å². The molecule has 2 aromatic heterocycles. The molecule has 0 unspecified atom stereocenters. The van der Waals surface area contributed by atoms with E-state index in [2.05, 4.69) is 64.4 Å². The first-order chi connectivity index (χ1) is 10.2. The molecule has 106 valence electrons. The molecule has 0 fully saturated rings. The maximum atomic E-state index is 4.35.